The second-order valence-electron chi connectivity index (χ2n) is 3.76. The molecular formula is C12H7BrFN3O3. The zero-order chi connectivity index (χ0) is 14.7. The number of carbonyl (C=O) groups is 1. The lowest BCUT2D eigenvalue weighted by atomic mass is 10.2. The topological polar surface area (TPSA) is 85.1 Å². The molecule has 1 amide bonds. The SMILES string of the molecule is O=C(Nc1cc(F)ccc1[N+](=O)[O-])c1cncc(Br)c1. The number of nitrogens with one attached hydrogen (secondary N) is 1. The van der Waals surface area contributed by atoms with Gasteiger partial charge in [0.05, 0.1) is 10.5 Å². The Morgan fingerprint density at radius 3 is 2.75 bits per heavy atom. The van der Waals surface area contributed by atoms with Gasteiger partial charge in [-0.25, -0.2) is 4.39 Å². The van der Waals surface area contributed by atoms with E-state index in [1.807, 2.05) is 0 Å². The van der Waals surface area contributed by atoms with E-state index in [1.165, 1.54) is 18.5 Å². The van der Waals surface area contributed by atoms with Gasteiger partial charge >= 0.3 is 0 Å². The number of nitro benzene ring substituents is 1. The third kappa shape index (κ3) is 3.15. The van der Waals surface area contributed by atoms with Crippen LogP contribution in [-0.2, 0) is 0 Å². The number of nitro groups is 1. The van der Waals surface area contributed by atoms with Gasteiger partial charge < -0.3 is 5.32 Å². The van der Waals surface area contributed by atoms with E-state index in [1.54, 1.807) is 0 Å². The van der Waals surface area contributed by atoms with Crippen molar-refractivity contribution < 1.29 is 14.1 Å². The Kier molecular flexibility index (Phi) is 4.04. The van der Waals surface area contributed by atoms with Gasteiger partial charge in [0.2, 0.25) is 0 Å². The molecule has 0 bridgehead atoms. The minimum absolute atomic E-state index is 0.193. The largest absolute Gasteiger partial charge is 0.316 e. The summed E-state index contributed by atoms with van der Waals surface area (Å²) in [5.74, 6) is -1.30. The Hall–Kier alpha value is -2.35. The van der Waals surface area contributed by atoms with E-state index in [-0.39, 0.29) is 16.9 Å². The molecule has 0 atom stereocenters. The van der Waals surface area contributed by atoms with Crippen molar-refractivity contribution in [3.8, 4) is 0 Å². The first-order chi connectivity index (χ1) is 9.47. The van der Waals surface area contributed by atoms with Crippen LogP contribution < -0.4 is 5.32 Å². The fourth-order valence-electron chi connectivity index (χ4n) is 1.50. The number of hydrogen-bond donors (Lipinski definition) is 1. The highest BCUT2D eigenvalue weighted by atomic mass is 79.9. The molecule has 0 fully saturated rings. The maximum atomic E-state index is 13.1. The predicted molar refractivity (Wildman–Crippen MR) is 72.9 cm³/mol. The summed E-state index contributed by atoms with van der Waals surface area (Å²) in [4.78, 5) is 25.9. The molecule has 0 saturated carbocycles. The highest BCUT2D eigenvalue weighted by molar-refractivity contribution is 9.10. The lowest BCUT2D eigenvalue weighted by Crippen LogP contribution is -2.13. The molecule has 1 heterocycles. The fourth-order valence-corrected chi connectivity index (χ4v) is 1.86. The van der Waals surface area contributed by atoms with Gasteiger partial charge in [-0.05, 0) is 28.1 Å². The summed E-state index contributed by atoms with van der Waals surface area (Å²) in [7, 11) is 0. The molecule has 0 saturated heterocycles. The van der Waals surface area contributed by atoms with E-state index in [4.69, 9.17) is 0 Å². The molecule has 1 N–H and O–H groups in total. The van der Waals surface area contributed by atoms with Crippen molar-refractivity contribution in [2.75, 3.05) is 5.32 Å². The van der Waals surface area contributed by atoms with Crippen molar-refractivity contribution in [1.82, 2.24) is 4.98 Å². The van der Waals surface area contributed by atoms with Gasteiger partial charge in [-0.1, -0.05) is 0 Å². The number of benzene rings is 1. The van der Waals surface area contributed by atoms with Gasteiger partial charge in [-0.2, -0.15) is 0 Å². The van der Waals surface area contributed by atoms with Crippen LogP contribution in [0, 0.1) is 15.9 Å². The van der Waals surface area contributed by atoms with Crippen LogP contribution in [0.15, 0.2) is 41.1 Å². The Balaban J connectivity index is 2.32. The molecule has 20 heavy (non-hydrogen) atoms. The van der Waals surface area contributed by atoms with Crippen LogP contribution in [0.25, 0.3) is 0 Å². The maximum absolute atomic E-state index is 13.1. The van der Waals surface area contributed by atoms with Crippen LogP contribution in [0.3, 0.4) is 0 Å². The van der Waals surface area contributed by atoms with Gasteiger partial charge in [0.25, 0.3) is 11.6 Å². The molecule has 0 spiro atoms. The predicted octanol–water partition coefficient (Wildman–Crippen LogP) is 3.14. The first-order valence-corrected chi connectivity index (χ1v) is 6.12. The Morgan fingerprint density at radius 2 is 2.10 bits per heavy atom. The first kappa shape index (κ1) is 14.1. The molecular weight excluding hydrogens is 333 g/mol. The third-order valence-electron chi connectivity index (χ3n) is 2.37. The summed E-state index contributed by atoms with van der Waals surface area (Å²) < 4.78 is 13.7. The molecule has 0 unspecified atom stereocenters. The van der Waals surface area contributed by atoms with Gasteiger partial charge in [-0.3, -0.25) is 19.9 Å². The van der Waals surface area contributed by atoms with Crippen molar-refractivity contribution in [2.45, 2.75) is 0 Å². The van der Waals surface area contributed by atoms with Crippen molar-refractivity contribution in [3.05, 3.63) is 62.6 Å². The lowest BCUT2D eigenvalue weighted by molar-refractivity contribution is -0.384. The van der Waals surface area contributed by atoms with Gasteiger partial charge in [0.15, 0.2) is 0 Å². The molecule has 6 nitrogen and oxygen atoms in total. The molecule has 2 aromatic rings. The number of aromatic nitrogens is 1. The van der Waals surface area contributed by atoms with Crippen LogP contribution >= 0.6 is 15.9 Å². The molecule has 1 aromatic carbocycles. The number of carbonyl (C=O) groups excluding carboxylic acids is 1. The van der Waals surface area contributed by atoms with Crippen LogP contribution in [0.5, 0.6) is 0 Å². The normalized spacial score (nSPS) is 10.1. The fraction of sp³-hybridized carbons (Fsp3) is 0. The van der Waals surface area contributed by atoms with Crippen LogP contribution in [0.4, 0.5) is 15.8 Å². The lowest BCUT2D eigenvalue weighted by Gasteiger charge is -2.06. The monoisotopic (exact) mass is 339 g/mol. The summed E-state index contributed by atoms with van der Waals surface area (Å²) in [5.41, 5.74) is -0.402. The number of rotatable bonds is 3. The minimum Gasteiger partial charge on any atom is -0.316 e. The first-order valence-electron chi connectivity index (χ1n) is 5.33. The average Bonchev–Trinajstić information content (AvgIpc) is 2.38. The van der Waals surface area contributed by atoms with E-state index in [9.17, 15) is 19.3 Å². The number of amides is 1. The maximum Gasteiger partial charge on any atom is 0.292 e. The summed E-state index contributed by atoms with van der Waals surface area (Å²) >= 11 is 3.15. The summed E-state index contributed by atoms with van der Waals surface area (Å²) in [6.45, 7) is 0. The Morgan fingerprint density at radius 1 is 1.35 bits per heavy atom. The molecule has 1 aromatic heterocycles. The van der Waals surface area contributed by atoms with E-state index in [0.717, 1.165) is 18.2 Å². The zero-order valence-corrected chi connectivity index (χ0v) is 11.4. The van der Waals surface area contributed by atoms with Gasteiger partial charge in [-0.15, -0.1) is 0 Å². The standard InChI is InChI=1S/C12H7BrFN3O3/c13-8-3-7(5-15-6-8)12(18)16-10-4-9(14)1-2-11(10)17(19)20/h1-6H,(H,16,18). The summed E-state index contributed by atoms with van der Waals surface area (Å²) in [6, 6.07) is 4.33. The minimum atomic E-state index is -0.700. The summed E-state index contributed by atoms with van der Waals surface area (Å²) in [6.07, 6.45) is 2.78. The number of nitrogens with zero attached hydrogens (tertiary/aromatic N) is 2. The highest BCUT2D eigenvalue weighted by Crippen LogP contribution is 2.25. The second kappa shape index (κ2) is 5.74. The summed E-state index contributed by atoms with van der Waals surface area (Å²) in [5, 5.41) is 13.1. The Bertz CT molecular complexity index is 693. The number of pyridine rings is 1. The molecule has 0 radical (unpaired) electrons. The number of halogens is 2. The molecule has 102 valence electrons. The molecule has 0 aliphatic heterocycles. The number of hydrogen-bond acceptors (Lipinski definition) is 4. The third-order valence-corrected chi connectivity index (χ3v) is 2.80. The van der Waals surface area contributed by atoms with E-state index >= 15 is 0 Å². The molecule has 0 aliphatic carbocycles. The molecule has 8 heteroatoms. The van der Waals surface area contributed by atoms with E-state index in [0.29, 0.717) is 4.47 Å². The van der Waals surface area contributed by atoms with Crippen LogP contribution in [0.2, 0.25) is 0 Å². The van der Waals surface area contributed by atoms with Crippen molar-refractivity contribution in [1.29, 1.82) is 0 Å². The van der Waals surface area contributed by atoms with E-state index < -0.39 is 16.6 Å². The van der Waals surface area contributed by atoms with Crippen molar-refractivity contribution >= 4 is 33.2 Å². The van der Waals surface area contributed by atoms with Crippen molar-refractivity contribution in [3.63, 3.8) is 0 Å². The Labute approximate surface area is 120 Å². The highest BCUT2D eigenvalue weighted by Gasteiger charge is 2.17. The average molecular weight is 340 g/mol. The smallest absolute Gasteiger partial charge is 0.292 e. The quantitative estimate of drug-likeness (QED) is 0.687. The van der Waals surface area contributed by atoms with E-state index in [2.05, 4.69) is 26.2 Å². The van der Waals surface area contributed by atoms with Crippen LogP contribution in [0.1, 0.15) is 10.4 Å². The molecule has 0 aliphatic rings. The molecule has 2 rings (SSSR count). The van der Waals surface area contributed by atoms with Crippen LogP contribution in [-0.4, -0.2) is 15.8 Å². The van der Waals surface area contributed by atoms with Crippen molar-refractivity contribution in [2.24, 2.45) is 0 Å². The van der Waals surface area contributed by atoms with Gasteiger partial charge in [0.1, 0.15) is 11.5 Å². The van der Waals surface area contributed by atoms with Gasteiger partial charge in [0, 0.05) is 29.0 Å². The second-order valence-corrected chi connectivity index (χ2v) is 4.68. The number of anilines is 1. The zero-order valence-electron chi connectivity index (χ0n) is 9.84.